The first-order chi connectivity index (χ1) is 9.22. The number of ether oxygens (including phenoxy) is 2. The fourth-order valence-electron chi connectivity index (χ4n) is 1.66. The maximum absolute atomic E-state index is 11.5. The molecule has 0 saturated carbocycles. The number of cyclic esters (lactones) is 1. The molecule has 0 amide bonds. The number of para-hydroxylation sites is 1. The molecular weight excluding hydrogens is 266 g/mol. The fraction of sp³-hybridized carbons (Fsp3) is 0.357. The molecule has 1 aliphatic rings. The standard InChI is InChI=1S/C14H16ClNO3/c1-2-3-9-18-14-12(11(15)13(17)19-14)16-10-7-5-4-6-8-10/h4-8,14,16H,2-3,9H2,1H3. The summed E-state index contributed by atoms with van der Waals surface area (Å²) in [7, 11) is 0. The first kappa shape index (κ1) is 13.9. The molecular formula is C14H16ClNO3. The van der Waals surface area contributed by atoms with E-state index in [1.165, 1.54) is 0 Å². The normalized spacial score (nSPS) is 18.6. The van der Waals surface area contributed by atoms with Gasteiger partial charge in [-0.2, -0.15) is 0 Å². The van der Waals surface area contributed by atoms with Crippen molar-refractivity contribution in [1.29, 1.82) is 0 Å². The predicted molar refractivity (Wildman–Crippen MR) is 73.7 cm³/mol. The molecule has 1 unspecified atom stereocenters. The zero-order chi connectivity index (χ0) is 13.7. The molecule has 0 bridgehead atoms. The van der Waals surface area contributed by atoms with Crippen LogP contribution in [0.1, 0.15) is 19.8 Å². The van der Waals surface area contributed by atoms with Gasteiger partial charge in [-0.05, 0) is 18.6 Å². The molecule has 1 heterocycles. The Bertz CT molecular complexity index is 473. The summed E-state index contributed by atoms with van der Waals surface area (Å²) < 4.78 is 10.6. The van der Waals surface area contributed by atoms with Crippen LogP contribution in [0, 0.1) is 0 Å². The summed E-state index contributed by atoms with van der Waals surface area (Å²) in [6.07, 6.45) is 1.18. The second-order valence-electron chi connectivity index (χ2n) is 4.18. The Labute approximate surface area is 117 Å². The molecule has 0 spiro atoms. The van der Waals surface area contributed by atoms with E-state index in [-0.39, 0.29) is 5.03 Å². The second-order valence-corrected chi connectivity index (χ2v) is 4.56. The van der Waals surface area contributed by atoms with E-state index in [0.29, 0.717) is 12.3 Å². The van der Waals surface area contributed by atoms with Gasteiger partial charge in [0.25, 0.3) is 0 Å². The zero-order valence-corrected chi connectivity index (χ0v) is 11.4. The van der Waals surface area contributed by atoms with Gasteiger partial charge in [-0.3, -0.25) is 0 Å². The van der Waals surface area contributed by atoms with Crippen LogP contribution in [0.4, 0.5) is 5.69 Å². The van der Waals surface area contributed by atoms with Crippen LogP contribution in [0.5, 0.6) is 0 Å². The highest BCUT2D eigenvalue weighted by Crippen LogP contribution is 2.27. The third kappa shape index (κ3) is 3.49. The van der Waals surface area contributed by atoms with Crippen LogP contribution >= 0.6 is 11.6 Å². The van der Waals surface area contributed by atoms with Gasteiger partial charge in [0.05, 0.1) is 6.61 Å². The van der Waals surface area contributed by atoms with Gasteiger partial charge in [0, 0.05) is 5.69 Å². The van der Waals surface area contributed by atoms with E-state index in [1.54, 1.807) is 0 Å². The summed E-state index contributed by atoms with van der Waals surface area (Å²) in [5, 5.41) is 3.12. The summed E-state index contributed by atoms with van der Waals surface area (Å²) in [4.78, 5) is 11.5. The number of nitrogens with one attached hydrogen (secondary N) is 1. The molecule has 2 rings (SSSR count). The Kier molecular flexibility index (Phi) is 4.82. The van der Waals surface area contributed by atoms with Crippen molar-refractivity contribution in [3.05, 3.63) is 41.1 Å². The number of halogens is 1. The molecule has 1 aromatic carbocycles. The molecule has 1 atom stereocenters. The first-order valence-electron chi connectivity index (χ1n) is 6.26. The zero-order valence-electron chi connectivity index (χ0n) is 10.7. The van der Waals surface area contributed by atoms with E-state index < -0.39 is 12.3 Å². The van der Waals surface area contributed by atoms with Crippen LogP contribution in [-0.4, -0.2) is 18.9 Å². The molecule has 0 fully saturated rings. The van der Waals surface area contributed by atoms with Crippen LogP contribution in [0.25, 0.3) is 0 Å². The van der Waals surface area contributed by atoms with Crippen molar-refractivity contribution in [2.24, 2.45) is 0 Å². The predicted octanol–water partition coefficient (Wildman–Crippen LogP) is 3.25. The van der Waals surface area contributed by atoms with E-state index in [4.69, 9.17) is 21.1 Å². The topological polar surface area (TPSA) is 47.6 Å². The molecule has 19 heavy (non-hydrogen) atoms. The van der Waals surface area contributed by atoms with Gasteiger partial charge >= 0.3 is 5.97 Å². The number of rotatable bonds is 6. The van der Waals surface area contributed by atoms with Crippen molar-refractivity contribution in [2.75, 3.05) is 11.9 Å². The number of unbranched alkanes of at least 4 members (excludes halogenated alkanes) is 1. The van der Waals surface area contributed by atoms with Crippen LogP contribution in [0.15, 0.2) is 41.1 Å². The maximum atomic E-state index is 11.5. The molecule has 1 aromatic rings. The second kappa shape index (κ2) is 6.59. The van der Waals surface area contributed by atoms with E-state index in [2.05, 4.69) is 12.2 Å². The Hall–Kier alpha value is -1.52. The lowest BCUT2D eigenvalue weighted by molar-refractivity contribution is -0.159. The minimum atomic E-state index is -0.744. The van der Waals surface area contributed by atoms with Gasteiger partial charge in [-0.15, -0.1) is 0 Å². The maximum Gasteiger partial charge on any atom is 0.354 e. The number of esters is 1. The van der Waals surface area contributed by atoms with Gasteiger partial charge < -0.3 is 14.8 Å². The molecule has 0 aliphatic carbocycles. The van der Waals surface area contributed by atoms with Gasteiger partial charge in [-0.25, -0.2) is 4.79 Å². The fourth-order valence-corrected chi connectivity index (χ4v) is 1.85. The smallest absolute Gasteiger partial charge is 0.354 e. The van der Waals surface area contributed by atoms with E-state index in [1.807, 2.05) is 30.3 Å². The summed E-state index contributed by atoms with van der Waals surface area (Å²) in [5.41, 5.74) is 1.30. The summed E-state index contributed by atoms with van der Waals surface area (Å²) >= 11 is 5.95. The number of carbonyl (C=O) groups is 1. The van der Waals surface area contributed by atoms with Gasteiger partial charge in [-0.1, -0.05) is 43.1 Å². The average Bonchev–Trinajstić information content (AvgIpc) is 2.68. The lowest BCUT2D eigenvalue weighted by Gasteiger charge is -2.16. The van der Waals surface area contributed by atoms with Crippen molar-refractivity contribution in [3.8, 4) is 0 Å². The van der Waals surface area contributed by atoms with E-state index in [0.717, 1.165) is 18.5 Å². The summed E-state index contributed by atoms with van der Waals surface area (Å²) in [6, 6.07) is 9.45. The number of anilines is 1. The van der Waals surface area contributed by atoms with Crippen LogP contribution in [0.2, 0.25) is 0 Å². The van der Waals surface area contributed by atoms with Gasteiger partial charge in [0.15, 0.2) is 5.03 Å². The average molecular weight is 282 g/mol. The van der Waals surface area contributed by atoms with Crippen LogP contribution in [0.3, 0.4) is 0 Å². The quantitative estimate of drug-likeness (QED) is 0.642. The Balaban J connectivity index is 2.07. The molecule has 102 valence electrons. The Morgan fingerprint density at radius 3 is 2.79 bits per heavy atom. The molecule has 5 heteroatoms. The minimum Gasteiger partial charge on any atom is -0.425 e. The highest BCUT2D eigenvalue weighted by Gasteiger charge is 2.34. The van der Waals surface area contributed by atoms with Crippen LogP contribution < -0.4 is 5.32 Å². The Morgan fingerprint density at radius 2 is 2.11 bits per heavy atom. The number of benzene rings is 1. The lowest BCUT2D eigenvalue weighted by Crippen LogP contribution is -2.21. The van der Waals surface area contributed by atoms with Crippen molar-refractivity contribution in [1.82, 2.24) is 0 Å². The summed E-state index contributed by atoms with van der Waals surface area (Å²) in [5.74, 6) is -0.554. The van der Waals surface area contributed by atoms with E-state index >= 15 is 0 Å². The Morgan fingerprint density at radius 1 is 1.37 bits per heavy atom. The van der Waals surface area contributed by atoms with Crippen molar-refractivity contribution in [2.45, 2.75) is 26.1 Å². The van der Waals surface area contributed by atoms with E-state index in [9.17, 15) is 4.79 Å². The molecule has 0 radical (unpaired) electrons. The summed E-state index contributed by atoms with van der Waals surface area (Å²) in [6.45, 7) is 2.59. The molecule has 0 aromatic heterocycles. The first-order valence-corrected chi connectivity index (χ1v) is 6.64. The van der Waals surface area contributed by atoms with Crippen molar-refractivity contribution < 1.29 is 14.3 Å². The molecule has 1 N–H and O–H groups in total. The molecule has 1 aliphatic heterocycles. The molecule has 4 nitrogen and oxygen atoms in total. The number of carbonyl (C=O) groups excluding carboxylic acids is 1. The van der Waals surface area contributed by atoms with Crippen LogP contribution in [-0.2, 0) is 14.3 Å². The van der Waals surface area contributed by atoms with Gasteiger partial charge in [0.2, 0.25) is 6.29 Å². The van der Waals surface area contributed by atoms with Crippen molar-refractivity contribution >= 4 is 23.3 Å². The van der Waals surface area contributed by atoms with Gasteiger partial charge in [0.1, 0.15) is 5.70 Å². The minimum absolute atomic E-state index is 0.0466. The lowest BCUT2D eigenvalue weighted by atomic mass is 10.3. The third-order valence-corrected chi connectivity index (χ3v) is 3.04. The molecule has 0 saturated heterocycles. The number of hydrogen-bond donors (Lipinski definition) is 1. The number of hydrogen-bond acceptors (Lipinski definition) is 4. The monoisotopic (exact) mass is 281 g/mol. The van der Waals surface area contributed by atoms with Crippen molar-refractivity contribution in [3.63, 3.8) is 0 Å². The third-order valence-electron chi connectivity index (χ3n) is 2.69. The largest absolute Gasteiger partial charge is 0.425 e. The highest BCUT2D eigenvalue weighted by molar-refractivity contribution is 6.42. The SMILES string of the molecule is CCCCOC1OC(=O)C(Cl)=C1Nc1ccccc1. The highest BCUT2D eigenvalue weighted by atomic mass is 35.5.